The predicted octanol–water partition coefficient (Wildman–Crippen LogP) is 3.72. The van der Waals surface area contributed by atoms with E-state index in [0.29, 0.717) is 17.5 Å². The molecule has 0 fully saturated rings. The van der Waals surface area contributed by atoms with Crippen LogP contribution < -0.4 is 4.72 Å². The number of nitrogens with one attached hydrogen (secondary N) is 1. The molecule has 1 heterocycles. The fourth-order valence-corrected chi connectivity index (χ4v) is 2.69. The first-order valence-corrected chi connectivity index (χ1v) is 9.45. The summed E-state index contributed by atoms with van der Waals surface area (Å²) in [5.41, 5.74) is 1.04. The highest BCUT2D eigenvalue weighted by Crippen LogP contribution is 2.14. The van der Waals surface area contributed by atoms with E-state index in [-0.39, 0.29) is 0 Å². The van der Waals surface area contributed by atoms with Crippen LogP contribution in [0.4, 0.5) is 5.82 Å². The minimum Gasteiger partial charge on any atom is -0.238 e. The summed E-state index contributed by atoms with van der Waals surface area (Å²) in [6.07, 6.45) is 3.34. The molecule has 0 saturated heterocycles. The second-order valence-corrected chi connectivity index (χ2v) is 8.00. The first-order chi connectivity index (χ1) is 10.3. The third kappa shape index (κ3) is 6.85. The van der Waals surface area contributed by atoms with Gasteiger partial charge >= 0.3 is 0 Å². The lowest BCUT2D eigenvalue weighted by Gasteiger charge is -2.09. The van der Waals surface area contributed by atoms with E-state index in [1.165, 1.54) is 0 Å². The maximum atomic E-state index is 11.6. The zero-order valence-corrected chi connectivity index (χ0v) is 14.9. The summed E-state index contributed by atoms with van der Waals surface area (Å²) in [5.74, 6) is 0.616. The van der Waals surface area contributed by atoms with Crippen molar-refractivity contribution in [2.45, 2.75) is 51.7 Å². The van der Waals surface area contributed by atoms with Crippen LogP contribution in [0.2, 0.25) is 5.15 Å². The minimum absolute atomic E-state index is 0.394. The van der Waals surface area contributed by atoms with Crippen LogP contribution in [0.15, 0.2) is 23.2 Å². The lowest BCUT2D eigenvalue weighted by molar-refractivity contribution is 0.568. The quantitative estimate of drug-likeness (QED) is 0.421. The van der Waals surface area contributed by atoms with E-state index in [1.54, 1.807) is 19.9 Å². The highest BCUT2D eigenvalue weighted by Gasteiger charge is 2.13. The predicted molar refractivity (Wildman–Crippen MR) is 92.5 cm³/mol. The van der Waals surface area contributed by atoms with Gasteiger partial charge in [-0.1, -0.05) is 24.6 Å². The van der Waals surface area contributed by atoms with Crippen molar-refractivity contribution in [2.24, 2.45) is 4.99 Å². The van der Waals surface area contributed by atoms with E-state index < -0.39 is 15.3 Å². The van der Waals surface area contributed by atoms with Crippen molar-refractivity contribution in [3.05, 3.63) is 23.4 Å². The van der Waals surface area contributed by atoms with E-state index in [1.807, 2.05) is 19.1 Å². The number of aliphatic imine (C=N–C) groups is 1. The van der Waals surface area contributed by atoms with Crippen LogP contribution in [0.5, 0.6) is 0 Å². The number of nitrogens with zero attached hydrogens (tertiary/aromatic N) is 2. The van der Waals surface area contributed by atoms with Gasteiger partial charge in [0.15, 0.2) is 5.82 Å². The Balaban J connectivity index is 2.42. The van der Waals surface area contributed by atoms with E-state index in [9.17, 15) is 8.42 Å². The highest BCUT2D eigenvalue weighted by atomic mass is 35.5. The van der Waals surface area contributed by atoms with Crippen molar-refractivity contribution >= 4 is 33.2 Å². The van der Waals surface area contributed by atoms with Gasteiger partial charge in [-0.3, -0.25) is 0 Å². The Morgan fingerprint density at radius 1 is 1.36 bits per heavy atom. The molecule has 0 saturated carbocycles. The van der Waals surface area contributed by atoms with Crippen molar-refractivity contribution in [2.75, 3.05) is 6.54 Å². The standard InChI is InChI=1S/C15H24ClN3O2S/c1-4-13(18-15-10-7-9-14(16)19-15)8-5-6-11-17-22(20,21)12(2)3/h7,9-10,12,17H,4-6,8,11H2,1-3H3. The van der Waals surface area contributed by atoms with Crippen molar-refractivity contribution in [3.63, 3.8) is 0 Å². The number of aromatic nitrogens is 1. The van der Waals surface area contributed by atoms with Crippen LogP contribution in [0.1, 0.15) is 46.5 Å². The van der Waals surface area contributed by atoms with Crippen LogP contribution in [0, 0.1) is 0 Å². The molecule has 0 aliphatic heterocycles. The first-order valence-electron chi connectivity index (χ1n) is 7.52. The van der Waals surface area contributed by atoms with Gasteiger partial charge in [0.1, 0.15) is 5.15 Å². The second-order valence-electron chi connectivity index (χ2n) is 5.30. The maximum absolute atomic E-state index is 11.6. The van der Waals surface area contributed by atoms with Gasteiger partial charge in [-0.2, -0.15) is 0 Å². The zero-order chi connectivity index (χ0) is 16.6. The summed E-state index contributed by atoms with van der Waals surface area (Å²) in [4.78, 5) is 8.64. The Morgan fingerprint density at radius 3 is 2.68 bits per heavy atom. The van der Waals surface area contributed by atoms with Gasteiger partial charge in [-0.05, 0) is 51.7 Å². The van der Waals surface area contributed by atoms with Crippen LogP contribution in [-0.2, 0) is 10.0 Å². The Bertz CT molecular complexity index is 601. The van der Waals surface area contributed by atoms with Crippen molar-refractivity contribution in [1.29, 1.82) is 0 Å². The van der Waals surface area contributed by atoms with Gasteiger partial charge in [0.25, 0.3) is 0 Å². The molecule has 1 rings (SSSR count). The Kier molecular flexibility index (Phi) is 8.00. The molecule has 0 aliphatic carbocycles. The Morgan fingerprint density at radius 2 is 2.09 bits per heavy atom. The Labute approximate surface area is 138 Å². The van der Waals surface area contributed by atoms with E-state index in [2.05, 4.69) is 14.7 Å². The molecule has 0 radical (unpaired) electrons. The van der Waals surface area contributed by atoms with Crippen LogP contribution >= 0.6 is 11.6 Å². The largest absolute Gasteiger partial charge is 0.238 e. The maximum Gasteiger partial charge on any atom is 0.213 e. The smallest absolute Gasteiger partial charge is 0.213 e. The molecule has 1 aromatic heterocycles. The molecular weight excluding hydrogens is 322 g/mol. The zero-order valence-electron chi connectivity index (χ0n) is 13.3. The summed E-state index contributed by atoms with van der Waals surface area (Å²) in [7, 11) is -3.16. The van der Waals surface area contributed by atoms with Crippen LogP contribution in [0.3, 0.4) is 0 Å². The molecule has 1 aromatic rings. The van der Waals surface area contributed by atoms with Crippen molar-refractivity contribution in [1.82, 2.24) is 9.71 Å². The van der Waals surface area contributed by atoms with Gasteiger partial charge < -0.3 is 0 Å². The number of sulfonamides is 1. The number of halogens is 1. The Hall–Kier alpha value is -0.980. The highest BCUT2D eigenvalue weighted by molar-refractivity contribution is 7.90. The monoisotopic (exact) mass is 345 g/mol. The van der Waals surface area contributed by atoms with Crippen molar-refractivity contribution < 1.29 is 8.42 Å². The van der Waals surface area contributed by atoms with Gasteiger partial charge in [0.2, 0.25) is 10.0 Å². The molecule has 124 valence electrons. The number of pyridine rings is 1. The summed E-state index contributed by atoms with van der Waals surface area (Å²) in [6.45, 7) is 5.85. The molecule has 22 heavy (non-hydrogen) atoms. The van der Waals surface area contributed by atoms with Gasteiger partial charge in [0.05, 0.1) is 5.25 Å². The number of hydrogen-bond donors (Lipinski definition) is 1. The molecule has 0 bridgehead atoms. The third-order valence-electron chi connectivity index (χ3n) is 3.20. The average Bonchev–Trinajstić information content (AvgIpc) is 2.45. The lowest BCUT2D eigenvalue weighted by atomic mass is 10.1. The first kappa shape index (κ1) is 19.1. The van der Waals surface area contributed by atoms with Crippen LogP contribution in [-0.4, -0.2) is 30.9 Å². The fourth-order valence-electron chi connectivity index (χ4n) is 1.77. The molecule has 0 aromatic carbocycles. The molecule has 0 amide bonds. The molecule has 0 spiro atoms. The summed E-state index contributed by atoms with van der Waals surface area (Å²) in [6, 6.07) is 5.35. The molecule has 5 nitrogen and oxygen atoms in total. The second kappa shape index (κ2) is 9.22. The molecule has 0 aliphatic rings. The summed E-state index contributed by atoms with van der Waals surface area (Å²) in [5, 5.41) is 0.0361. The van der Waals surface area contributed by atoms with Gasteiger partial charge in [-0.25, -0.2) is 23.1 Å². The van der Waals surface area contributed by atoms with Crippen molar-refractivity contribution in [3.8, 4) is 0 Å². The van der Waals surface area contributed by atoms with E-state index >= 15 is 0 Å². The summed E-state index contributed by atoms with van der Waals surface area (Å²) >= 11 is 5.84. The number of unbranched alkanes of at least 4 members (excludes halogenated alkanes) is 1. The average molecular weight is 346 g/mol. The van der Waals surface area contributed by atoms with E-state index in [0.717, 1.165) is 31.4 Å². The third-order valence-corrected chi connectivity index (χ3v) is 5.26. The number of rotatable bonds is 9. The molecule has 0 unspecified atom stereocenters. The van der Waals surface area contributed by atoms with Crippen LogP contribution in [0.25, 0.3) is 0 Å². The minimum atomic E-state index is -3.16. The fraction of sp³-hybridized carbons (Fsp3) is 0.600. The molecular formula is C15H24ClN3O2S. The molecule has 1 N–H and O–H groups in total. The SMILES string of the molecule is CCC(CCCCNS(=O)(=O)C(C)C)=Nc1cccc(Cl)n1. The summed E-state index contributed by atoms with van der Waals surface area (Å²) < 4.78 is 25.8. The van der Waals surface area contributed by atoms with Gasteiger partial charge in [-0.15, -0.1) is 0 Å². The van der Waals surface area contributed by atoms with Gasteiger partial charge in [0, 0.05) is 12.3 Å². The topological polar surface area (TPSA) is 71.4 Å². The molecule has 7 heteroatoms. The number of hydrogen-bond acceptors (Lipinski definition) is 4. The molecule has 0 atom stereocenters. The lowest BCUT2D eigenvalue weighted by Crippen LogP contribution is -2.31. The van der Waals surface area contributed by atoms with E-state index in [4.69, 9.17) is 11.6 Å². The normalized spacial score (nSPS) is 12.9.